The predicted octanol–water partition coefficient (Wildman–Crippen LogP) is 8.82. The summed E-state index contributed by atoms with van der Waals surface area (Å²) in [5.41, 5.74) is 4.95. The van der Waals surface area contributed by atoms with Gasteiger partial charge in [0.1, 0.15) is 23.8 Å². The number of halogens is 3. The van der Waals surface area contributed by atoms with Crippen LogP contribution in [0.1, 0.15) is 69.8 Å². The molecule has 0 spiro atoms. The molecule has 3 aromatic carbocycles. The van der Waals surface area contributed by atoms with Crippen LogP contribution in [0.15, 0.2) is 65.2 Å². The number of hydrogen-bond acceptors (Lipinski definition) is 5. The summed E-state index contributed by atoms with van der Waals surface area (Å²) >= 11 is 19.7. The highest BCUT2D eigenvalue weighted by atomic mass is 35.5. The summed E-state index contributed by atoms with van der Waals surface area (Å²) in [7, 11) is 1.38. The first-order valence-corrected chi connectivity index (χ1v) is 13.6. The lowest BCUT2D eigenvalue weighted by Crippen LogP contribution is -2.01. The smallest absolute Gasteiger partial charge is 0.337 e. The van der Waals surface area contributed by atoms with E-state index in [2.05, 4.69) is 5.16 Å². The van der Waals surface area contributed by atoms with Gasteiger partial charge in [0.25, 0.3) is 0 Å². The van der Waals surface area contributed by atoms with E-state index in [9.17, 15) is 4.79 Å². The lowest BCUT2D eigenvalue weighted by Gasteiger charge is -2.11. The zero-order valence-electron chi connectivity index (χ0n) is 20.5. The number of ether oxygens (including phenoxy) is 2. The molecule has 0 bridgehead atoms. The van der Waals surface area contributed by atoms with E-state index in [1.807, 2.05) is 30.3 Å². The van der Waals surface area contributed by atoms with Crippen molar-refractivity contribution in [2.24, 2.45) is 0 Å². The van der Waals surface area contributed by atoms with Crippen molar-refractivity contribution < 1.29 is 18.8 Å². The van der Waals surface area contributed by atoms with Crippen molar-refractivity contribution in [3.63, 3.8) is 0 Å². The third-order valence-electron chi connectivity index (χ3n) is 7.27. The number of hydrogen-bond donors (Lipinski definition) is 0. The lowest BCUT2D eigenvalue weighted by molar-refractivity contribution is 0.0600. The molecule has 8 heteroatoms. The average Bonchev–Trinajstić information content (AvgIpc) is 3.85. The third-order valence-corrected chi connectivity index (χ3v) is 8.23. The van der Waals surface area contributed by atoms with Gasteiger partial charge in [0, 0.05) is 16.5 Å². The Morgan fingerprint density at radius 1 is 0.974 bits per heavy atom. The Labute approximate surface area is 235 Å². The fourth-order valence-corrected chi connectivity index (χ4v) is 5.88. The van der Waals surface area contributed by atoms with Crippen LogP contribution >= 0.6 is 34.8 Å². The maximum atomic E-state index is 11.7. The molecule has 4 aromatic rings. The fourth-order valence-electron chi connectivity index (χ4n) is 4.99. The maximum absolute atomic E-state index is 11.7. The molecule has 6 rings (SSSR count). The van der Waals surface area contributed by atoms with Gasteiger partial charge >= 0.3 is 5.97 Å². The molecular weight excluding hydrogens is 545 g/mol. The molecule has 0 saturated heterocycles. The van der Waals surface area contributed by atoms with Crippen molar-refractivity contribution >= 4 is 40.8 Å². The standard InChI is InChI=1S/C30H24Cl3NO4/c1-36-30(35)18-9-5-16(6-10-18)21-14-22(21)20-12-11-19(13-26(20)33)37-15-23-28(34-38-29(23)17-7-8-17)27-24(31)3-2-4-25(27)32/h2-6,9-13,17,21-22H,7-8,14-15H2,1H3/t21-,22+/m0/s1. The molecule has 2 aliphatic rings. The highest BCUT2D eigenvalue weighted by Gasteiger charge is 2.40. The number of methoxy groups -OCH3 is 1. The van der Waals surface area contributed by atoms with Crippen LogP contribution < -0.4 is 4.74 Å². The molecule has 1 aromatic heterocycles. The number of carbonyl (C=O) groups is 1. The molecule has 5 nitrogen and oxygen atoms in total. The Balaban J connectivity index is 1.18. The largest absolute Gasteiger partial charge is 0.489 e. The SMILES string of the molecule is COC(=O)c1ccc([C@@H]2C[C@@H]2c2ccc(OCc3c(-c4c(Cl)cccc4Cl)noc3C3CC3)cc2Cl)cc1. The Morgan fingerprint density at radius 3 is 2.37 bits per heavy atom. The van der Waals surface area contributed by atoms with Crippen LogP contribution in [0.4, 0.5) is 0 Å². The summed E-state index contributed by atoms with van der Waals surface area (Å²) in [6.45, 7) is 0.264. The van der Waals surface area contributed by atoms with E-state index in [1.54, 1.807) is 30.3 Å². The molecule has 2 atom stereocenters. The van der Waals surface area contributed by atoms with Crippen molar-refractivity contribution in [1.82, 2.24) is 5.16 Å². The first-order valence-electron chi connectivity index (χ1n) is 12.5. The van der Waals surface area contributed by atoms with Crippen molar-refractivity contribution in [2.45, 2.75) is 43.6 Å². The molecule has 0 radical (unpaired) electrons. The van der Waals surface area contributed by atoms with Crippen LogP contribution in [-0.2, 0) is 11.3 Å². The summed E-state index contributed by atoms with van der Waals surface area (Å²) in [4.78, 5) is 11.7. The second-order valence-corrected chi connectivity index (χ2v) is 11.0. The molecule has 0 aliphatic heterocycles. The van der Waals surface area contributed by atoms with Crippen molar-refractivity contribution in [1.29, 1.82) is 0 Å². The highest BCUT2D eigenvalue weighted by molar-refractivity contribution is 6.39. The van der Waals surface area contributed by atoms with Gasteiger partial charge in [-0.05, 0) is 78.6 Å². The van der Waals surface area contributed by atoms with E-state index in [0.29, 0.717) is 55.4 Å². The van der Waals surface area contributed by atoms with Crippen LogP contribution in [0.2, 0.25) is 15.1 Å². The third kappa shape index (κ3) is 4.91. The molecule has 2 fully saturated rings. The van der Waals surface area contributed by atoms with Crippen molar-refractivity contribution in [2.75, 3.05) is 7.11 Å². The average molecular weight is 569 g/mol. The first-order chi connectivity index (χ1) is 18.4. The second-order valence-electron chi connectivity index (χ2n) is 9.78. The maximum Gasteiger partial charge on any atom is 0.337 e. The molecule has 194 valence electrons. The number of aromatic nitrogens is 1. The molecule has 38 heavy (non-hydrogen) atoms. The van der Waals surface area contributed by atoms with E-state index in [1.165, 1.54) is 12.7 Å². The van der Waals surface area contributed by atoms with Gasteiger partial charge in [0.05, 0.1) is 28.3 Å². The summed E-state index contributed by atoms with van der Waals surface area (Å²) in [5, 5.41) is 6.02. The van der Waals surface area contributed by atoms with Gasteiger partial charge in [-0.3, -0.25) is 0 Å². The zero-order chi connectivity index (χ0) is 26.4. The normalized spacial score (nSPS) is 18.3. The minimum absolute atomic E-state index is 0.264. The number of nitrogens with zero attached hydrogens (tertiary/aromatic N) is 1. The summed E-state index contributed by atoms with van der Waals surface area (Å²) in [6.07, 6.45) is 3.13. The minimum atomic E-state index is -0.333. The highest BCUT2D eigenvalue weighted by Crippen LogP contribution is 2.56. The summed E-state index contributed by atoms with van der Waals surface area (Å²) < 4.78 is 16.7. The van der Waals surface area contributed by atoms with Crippen LogP contribution in [0.25, 0.3) is 11.3 Å². The topological polar surface area (TPSA) is 61.6 Å². The minimum Gasteiger partial charge on any atom is -0.489 e. The van der Waals surface area contributed by atoms with Crippen LogP contribution in [0.3, 0.4) is 0 Å². The van der Waals surface area contributed by atoms with Gasteiger partial charge in [-0.25, -0.2) is 4.79 Å². The molecule has 2 aliphatic carbocycles. The summed E-state index contributed by atoms with van der Waals surface area (Å²) in [5.74, 6) is 2.20. The molecule has 1 heterocycles. The quantitative estimate of drug-likeness (QED) is 0.199. The van der Waals surface area contributed by atoms with Gasteiger partial charge < -0.3 is 14.0 Å². The number of benzene rings is 3. The van der Waals surface area contributed by atoms with E-state index >= 15 is 0 Å². The molecule has 0 N–H and O–H groups in total. The monoisotopic (exact) mass is 567 g/mol. The van der Waals surface area contributed by atoms with Crippen molar-refractivity contribution in [3.05, 3.63) is 104 Å². The predicted molar refractivity (Wildman–Crippen MR) is 148 cm³/mol. The van der Waals surface area contributed by atoms with Crippen molar-refractivity contribution in [3.8, 4) is 17.0 Å². The Kier molecular flexibility index (Phi) is 6.85. The Morgan fingerprint density at radius 2 is 1.71 bits per heavy atom. The van der Waals surface area contributed by atoms with Crippen LogP contribution in [-0.4, -0.2) is 18.2 Å². The molecule has 2 saturated carbocycles. The Bertz CT molecular complexity index is 1490. The molecule has 0 amide bonds. The van der Waals surface area contributed by atoms with Gasteiger partial charge in [-0.1, -0.05) is 64.2 Å². The lowest BCUT2D eigenvalue weighted by atomic mass is 10.0. The molecule has 0 unspecified atom stereocenters. The van der Waals surface area contributed by atoms with E-state index in [0.717, 1.165) is 36.1 Å². The first kappa shape index (κ1) is 25.3. The number of carbonyl (C=O) groups excluding carboxylic acids is 1. The van der Waals surface area contributed by atoms with Crippen LogP contribution in [0.5, 0.6) is 5.75 Å². The van der Waals surface area contributed by atoms with E-state index < -0.39 is 0 Å². The number of rotatable bonds is 8. The van der Waals surface area contributed by atoms with Gasteiger partial charge in [-0.2, -0.15) is 0 Å². The number of esters is 1. The second kappa shape index (κ2) is 10.3. The fraction of sp³-hybridized carbons (Fsp3) is 0.267. The van der Waals surface area contributed by atoms with Gasteiger partial charge in [-0.15, -0.1) is 0 Å². The van der Waals surface area contributed by atoms with E-state index in [-0.39, 0.29) is 12.6 Å². The molecular formula is C30H24Cl3NO4. The summed E-state index contributed by atoms with van der Waals surface area (Å²) in [6, 6.07) is 18.8. The van der Waals surface area contributed by atoms with Gasteiger partial charge in [0.15, 0.2) is 0 Å². The van der Waals surface area contributed by atoms with E-state index in [4.69, 9.17) is 48.8 Å². The van der Waals surface area contributed by atoms with Gasteiger partial charge in [0.2, 0.25) is 0 Å². The Hall–Kier alpha value is -2.99. The van der Waals surface area contributed by atoms with Crippen LogP contribution in [0, 0.1) is 0 Å². The zero-order valence-corrected chi connectivity index (χ0v) is 22.8.